The first-order chi connectivity index (χ1) is 9.81. The number of nitrogens with zero attached hydrogens (tertiary/aromatic N) is 1. The average Bonchev–Trinajstić information content (AvgIpc) is 2.44. The van der Waals surface area contributed by atoms with Gasteiger partial charge in [-0.3, -0.25) is 0 Å². The highest BCUT2D eigenvalue weighted by molar-refractivity contribution is 5.91. The second kappa shape index (κ2) is 5.67. The highest BCUT2D eigenvalue weighted by atomic mass is 16.5. The van der Waals surface area contributed by atoms with Gasteiger partial charge >= 0.3 is 0 Å². The molecule has 0 unspecified atom stereocenters. The van der Waals surface area contributed by atoms with Crippen molar-refractivity contribution in [2.75, 3.05) is 20.7 Å². The third kappa shape index (κ3) is 2.43. The van der Waals surface area contributed by atoms with E-state index in [1.807, 2.05) is 31.3 Å². The smallest absolute Gasteiger partial charge is 0.221 e. The summed E-state index contributed by atoms with van der Waals surface area (Å²) in [7, 11) is 3.68. The second-order valence-corrected chi connectivity index (χ2v) is 5.31. The number of rotatable bonds is 5. The SMILES string of the molecule is CNCC1CC(Oc2nccc3c(OC)cccc23)C1. The van der Waals surface area contributed by atoms with Crippen molar-refractivity contribution in [1.29, 1.82) is 0 Å². The van der Waals surface area contributed by atoms with Crippen LogP contribution in [-0.2, 0) is 0 Å². The number of pyridine rings is 1. The molecule has 0 amide bonds. The lowest BCUT2D eigenvalue weighted by Crippen LogP contribution is -2.38. The lowest BCUT2D eigenvalue weighted by molar-refractivity contribution is 0.0632. The molecule has 2 aromatic rings. The second-order valence-electron chi connectivity index (χ2n) is 5.31. The average molecular weight is 272 g/mol. The summed E-state index contributed by atoms with van der Waals surface area (Å²) in [6.45, 7) is 1.07. The first-order valence-corrected chi connectivity index (χ1v) is 7.04. The van der Waals surface area contributed by atoms with Gasteiger partial charge in [0.15, 0.2) is 0 Å². The van der Waals surface area contributed by atoms with E-state index in [1.165, 1.54) is 0 Å². The van der Waals surface area contributed by atoms with Crippen LogP contribution >= 0.6 is 0 Å². The summed E-state index contributed by atoms with van der Waals surface area (Å²) < 4.78 is 11.4. The minimum absolute atomic E-state index is 0.289. The molecule has 20 heavy (non-hydrogen) atoms. The van der Waals surface area contributed by atoms with Gasteiger partial charge < -0.3 is 14.8 Å². The summed E-state index contributed by atoms with van der Waals surface area (Å²) in [5.74, 6) is 2.31. The summed E-state index contributed by atoms with van der Waals surface area (Å²) in [6.07, 6.45) is 4.27. The van der Waals surface area contributed by atoms with Gasteiger partial charge in [0.05, 0.1) is 7.11 Å². The van der Waals surface area contributed by atoms with Crippen molar-refractivity contribution in [2.24, 2.45) is 5.92 Å². The quantitative estimate of drug-likeness (QED) is 0.908. The van der Waals surface area contributed by atoms with Crippen LogP contribution in [0, 0.1) is 5.92 Å². The number of hydrogen-bond donors (Lipinski definition) is 1. The Bertz CT molecular complexity index is 594. The Hall–Kier alpha value is -1.81. The molecule has 0 radical (unpaired) electrons. The van der Waals surface area contributed by atoms with E-state index in [1.54, 1.807) is 13.3 Å². The van der Waals surface area contributed by atoms with E-state index in [9.17, 15) is 0 Å². The fraction of sp³-hybridized carbons (Fsp3) is 0.438. The number of hydrogen-bond acceptors (Lipinski definition) is 4. The molecular weight excluding hydrogens is 252 g/mol. The van der Waals surface area contributed by atoms with Crippen molar-refractivity contribution < 1.29 is 9.47 Å². The zero-order valence-corrected chi connectivity index (χ0v) is 11.9. The number of aromatic nitrogens is 1. The molecule has 4 heteroatoms. The van der Waals surface area contributed by atoms with E-state index >= 15 is 0 Å². The van der Waals surface area contributed by atoms with Crippen LogP contribution in [0.15, 0.2) is 30.5 Å². The molecular formula is C16H20N2O2. The van der Waals surface area contributed by atoms with Crippen molar-refractivity contribution in [3.8, 4) is 11.6 Å². The number of fused-ring (bicyclic) bond motifs is 1. The van der Waals surface area contributed by atoms with E-state index in [2.05, 4.69) is 10.3 Å². The van der Waals surface area contributed by atoms with Crippen LogP contribution in [0.4, 0.5) is 0 Å². The molecule has 1 fully saturated rings. The topological polar surface area (TPSA) is 43.4 Å². The highest BCUT2D eigenvalue weighted by Crippen LogP contribution is 2.35. The Morgan fingerprint density at radius 3 is 2.85 bits per heavy atom. The molecule has 1 N–H and O–H groups in total. The summed E-state index contributed by atoms with van der Waals surface area (Å²) in [5, 5.41) is 5.28. The molecule has 1 aromatic heterocycles. The molecule has 1 aliphatic rings. The zero-order chi connectivity index (χ0) is 13.9. The van der Waals surface area contributed by atoms with Crippen LogP contribution < -0.4 is 14.8 Å². The molecule has 0 spiro atoms. The summed E-state index contributed by atoms with van der Waals surface area (Å²) in [4.78, 5) is 4.38. The molecule has 3 rings (SSSR count). The van der Waals surface area contributed by atoms with Gasteiger partial charge in [0.1, 0.15) is 11.9 Å². The molecule has 0 aliphatic heterocycles. The standard InChI is InChI=1S/C16H20N2O2/c1-17-10-11-8-12(9-11)20-16-14-4-3-5-15(19-2)13(14)6-7-18-16/h3-7,11-12,17H,8-10H2,1-2H3. The lowest BCUT2D eigenvalue weighted by atomic mass is 9.82. The predicted molar refractivity (Wildman–Crippen MR) is 79.4 cm³/mol. The third-order valence-corrected chi connectivity index (χ3v) is 3.91. The van der Waals surface area contributed by atoms with Gasteiger partial charge in [-0.15, -0.1) is 0 Å². The maximum absolute atomic E-state index is 6.05. The lowest BCUT2D eigenvalue weighted by Gasteiger charge is -2.35. The number of benzene rings is 1. The van der Waals surface area contributed by atoms with Crippen LogP contribution in [0.25, 0.3) is 10.8 Å². The first kappa shape index (κ1) is 13.2. The fourth-order valence-corrected chi connectivity index (χ4v) is 2.81. The molecule has 106 valence electrons. The van der Waals surface area contributed by atoms with Crippen LogP contribution in [0.5, 0.6) is 11.6 Å². The first-order valence-electron chi connectivity index (χ1n) is 7.04. The maximum atomic E-state index is 6.05. The van der Waals surface area contributed by atoms with Crippen molar-refractivity contribution in [3.63, 3.8) is 0 Å². The van der Waals surface area contributed by atoms with Gasteiger partial charge in [0.25, 0.3) is 0 Å². The van der Waals surface area contributed by atoms with Crippen LogP contribution in [0.3, 0.4) is 0 Å². The van der Waals surface area contributed by atoms with E-state index in [4.69, 9.17) is 9.47 Å². The Morgan fingerprint density at radius 1 is 1.25 bits per heavy atom. The van der Waals surface area contributed by atoms with Crippen molar-refractivity contribution in [3.05, 3.63) is 30.5 Å². The molecule has 1 aromatic carbocycles. The Morgan fingerprint density at radius 2 is 2.10 bits per heavy atom. The third-order valence-electron chi connectivity index (χ3n) is 3.91. The van der Waals surface area contributed by atoms with Crippen molar-refractivity contribution >= 4 is 10.8 Å². The largest absolute Gasteiger partial charge is 0.496 e. The maximum Gasteiger partial charge on any atom is 0.221 e. The molecule has 0 saturated heterocycles. The minimum atomic E-state index is 0.289. The van der Waals surface area contributed by atoms with Crippen LogP contribution in [-0.4, -0.2) is 31.8 Å². The summed E-state index contributed by atoms with van der Waals surface area (Å²) >= 11 is 0. The van der Waals surface area contributed by atoms with Gasteiger partial charge in [0, 0.05) is 17.0 Å². The molecule has 1 aliphatic carbocycles. The van der Waals surface area contributed by atoms with Gasteiger partial charge in [-0.25, -0.2) is 4.98 Å². The number of methoxy groups -OCH3 is 1. The molecule has 4 nitrogen and oxygen atoms in total. The molecule has 1 saturated carbocycles. The van der Waals surface area contributed by atoms with Crippen LogP contribution in [0.1, 0.15) is 12.8 Å². The van der Waals surface area contributed by atoms with Crippen molar-refractivity contribution in [2.45, 2.75) is 18.9 Å². The normalized spacial score (nSPS) is 21.5. The van der Waals surface area contributed by atoms with Gasteiger partial charge in [-0.1, -0.05) is 6.07 Å². The Labute approximate surface area is 119 Å². The minimum Gasteiger partial charge on any atom is -0.496 e. The van der Waals surface area contributed by atoms with E-state index in [-0.39, 0.29) is 6.10 Å². The molecule has 0 atom stereocenters. The van der Waals surface area contributed by atoms with E-state index in [0.29, 0.717) is 5.88 Å². The van der Waals surface area contributed by atoms with E-state index < -0.39 is 0 Å². The Kier molecular flexibility index (Phi) is 3.74. The summed E-state index contributed by atoms with van der Waals surface area (Å²) in [6, 6.07) is 7.92. The van der Waals surface area contributed by atoms with Crippen molar-refractivity contribution in [1.82, 2.24) is 10.3 Å². The fourth-order valence-electron chi connectivity index (χ4n) is 2.81. The predicted octanol–water partition coefficient (Wildman–Crippen LogP) is 2.62. The van der Waals surface area contributed by atoms with Gasteiger partial charge in [0.2, 0.25) is 5.88 Å². The zero-order valence-electron chi connectivity index (χ0n) is 11.9. The highest BCUT2D eigenvalue weighted by Gasteiger charge is 2.30. The Balaban J connectivity index is 1.79. The summed E-state index contributed by atoms with van der Waals surface area (Å²) in [5.41, 5.74) is 0. The molecule has 0 bridgehead atoms. The number of ether oxygens (including phenoxy) is 2. The van der Waals surface area contributed by atoms with E-state index in [0.717, 1.165) is 41.8 Å². The van der Waals surface area contributed by atoms with Gasteiger partial charge in [-0.2, -0.15) is 0 Å². The molecule has 1 heterocycles. The van der Waals surface area contributed by atoms with Crippen LogP contribution in [0.2, 0.25) is 0 Å². The monoisotopic (exact) mass is 272 g/mol. The van der Waals surface area contributed by atoms with Gasteiger partial charge in [-0.05, 0) is 50.6 Å². The number of nitrogens with one attached hydrogen (secondary N) is 1.